The van der Waals surface area contributed by atoms with E-state index in [9.17, 15) is 4.79 Å². The molecule has 0 aromatic heterocycles. The number of nitrogens with one attached hydrogen (secondary N) is 2. The van der Waals surface area contributed by atoms with E-state index in [4.69, 9.17) is 0 Å². The molecule has 2 aromatic carbocycles. The molecular weight excluding hydrogens is 236 g/mol. The Kier molecular flexibility index (Phi) is 3.47. The van der Waals surface area contributed by atoms with Gasteiger partial charge in [0.25, 0.3) is 0 Å². The lowest BCUT2D eigenvalue weighted by Crippen LogP contribution is -2.40. The highest BCUT2D eigenvalue weighted by Crippen LogP contribution is 2.18. The highest BCUT2D eigenvalue weighted by atomic mass is 16.2. The maximum atomic E-state index is 12.0. The van der Waals surface area contributed by atoms with E-state index in [1.54, 1.807) is 0 Å². The maximum Gasteiger partial charge on any atom is 0.237 e. The second-order valence-corrected chi connectivity index (χ2v) is 5.01. The molecule has 0 aliphatic carbocycles. The summed E-state index contributed by atoms with van der Waals surface area (Å²) < 4.78 is 0. The van der Waals surface area contributed by atoms with Crippen LogP contribution < -0.4 is 10.6 Å². The van der Waals surface area contributed by atoms with Crippen molar-refractivity contribution in [1.82, 2.24) is 10.6 Å². The van der Waals surface area contributed by atoms with Crippen LogP contribution in [-0.4, -0.2) is 18.5 Å². The van der Waals surface area contributed by atoms with Gasteiger partial charge in [0.05, 0.1) is 6.04 Å². The highest BCUT2D eigenvalue weighted by Gasteiger charge is 2.21. The van der Waals surface area contributed by atoms with Gasteiger partial charge < -0.3 is 10.6 Å². The number of rotatable bonds is 3. The van der Waals surface area contributed by atoms with Crippen molar-refractivity contribution in [2.24, 2.45) is 0 Å². The minimum Gasteiger partial charge on any atom is -0.351 e. The van der Waals surface area contributed by atoms with Crippen LogP contribution in [0.15, 0.2) is 42.5 Å². The maximum absolute atomic E-state index is 12.0. The van der Waals surface area contributed by atoms with E-state index in [1.807, 2.05) is 18.2 Å². The van der Waals surface area contributed by atoms with Gasteiger partial charge in [-0.05, 0) is 35.7 Å². The molecule has 1 aliphatic rings. The number of hydrogen-bond donors (Lipinski definition) is 2. The van der Waals surface area contributed by atoms with Gasteiger partial charge in [-0.15, -0.1) is 0 Å². The summed E-state index contributed by atoms with van der Waals surface area (Å²) >= 11 is 0. The lowest BCUT2D eigenvalue weighted by atomic mass is 10.0. The Hall–Kier alpha value is -1.87. The van der Waals surface area contributed by atoms with Gasteiger partial charge in [-0.1, -0.05) is 42.5 Å². The molecule has 1 fully saturated rings. The number of fused-ring (bicyclic) bond motifs is 1. The molecule has 98 valence electrons. The summed E-state index contributed by atoms with van der Waals surface area (Å²) in [4.78, 5) is 12.0. The lowest BCUT2D eigenvalue weighted by Gasteiger charge is -2.12. The van der Waals surface area contributed by atoms with Crippen molar-refractivity contribution in [3.63, 3.8) is 0 Å². The first kappa shape index (κ1) is 12.2. The molecule has 3 heteroatoms. The fraction of sp³-hybridized carbons (Fsp3) is 0.312. The third-order valence-electron chi connectivity index (χ3n) is 3.71. The van der Waals surface area contributed by atoms with Crippen LogP contribution in [0.4, 0.5) is 0 Å². The highest BCUT2D eigenvalue weighted by molar-refractivity contribution is 5.87. The van der Waals surface area contributed by atoms with E-state index < -0.39 is 0 Å². The fourth-order valence-corrected chi connectivity index (χ4v) is 2.66. The Morgan fingerprint density at radius 3 is 2.89 bits per heavy atom. The van der Waals surface area contributed by atoms with Gasteiger partial charge in [0, 0.05) is 6.54 Å². The molecule has 3 rings (SSSR count). The minimum atomic E-state index is -0.00465. The van der Waals surface area contributed by atoms with E-state index >= 15 is 0 Å². The average Bonchev–Trinajstić information content (AvgIpc) is 2.99. The largest absolute Gasteiger partial charge is 0.351 e. The van der Waals surface area contributed by atoms with Gasteiger partial charge in [-0.25, -0.2) is 0 Å². The smallest absolute Gasteiger partial charge is 0.237 e. The van der Waals surface area contributed by atoms with E-state index in [0.717, 1.165) is 19.4 Å². The van der Waals surface area contributed by atoms with Crippen molar-refractivity contribution in [3.8, 4) is 0 Å². The van der Waals surface area contributed by atoms with Crippen LogP contribution in [0.2, 0.25) is 0 Å². The molecule has 1 atom stereocenters. The van der Waals surface area contributed by atoms with Crippen molar-refractivity contribution in [1.29, 1.82) is 0 Å². The Morgan fingerprint density at radius 1 is 1.21 bits per heavy atom. The topological polar surface area (TPSA) is 41.1 Å². The fourth-order valence-electron chi connectivity index (χ4n) is 2.66. The zero-order chi connectivity index (χ0) is 13.1. The molecule has 0 bridgehead atoms. The zero-order valence-electron chi connectivity index (χ0n) is 10.9. The van der Waals surface area contributed by atoms with Crippen molar-refractivity contribution in [2.75, 3.05) is 6.54 Å². The molecular formula is C16H18N2O. The van der Waals surface area contributed by atoms with Crippen LogP contribution in [-0.2, 0) is 11.3 Å². The quantitative estimate of drug-likeness (QED) is 0.881. The van der Waals surface area contributed by atoms with Crippen LogP contribution in [0.25, 0.3) is 10.8 Å². The summed E-state index contributed by atoms with van der Waals surface area (Å²) in [5.74, 6) is 0.116. The monoisotopic (exact) mass is 254 g/mol. The summed E-state index contributed by atoms with van der Waals surface area (Å²) in [6, 6.07) is 14.5. The number of carbonyl (C=O) groups excluding carboxylic acids is 1. The second-order valence-electron chi connectivity index (χ2n) is 5.01. The number of amides is 1. The third kappa shape index (κ3) is 2.61. The molecule has 0 saturated carbocycles. The van der Waals surface area contributed by atoms with Crippen molar-refractivity contribution in [3.05, 3.63) is 48.0 Å². The van der Waals surface area contributed by atoms with Crippen LogP contribution in [0, 0.1) is 0 Å². The van der Waals surface area contributed by atoms with E-state index in [1.165, 1.54) is 16.3 Å². The van der Waals surface area contributed by atoms with Crippen LogP contribution >= 0.6 is 0 Å². The molecule has 3 nitrogen and oxygen atoms in total. The standard InChI is InChI=1S/C16H18N2O/c19-16(15-9-4-10-17-15)18-11-13-7-3-6-12-5-1-2-8-14(12)13/h1-3,5-8,15,17H,4,9-11H2,(H,18,19). The Labute approximate surface area is 113 Å². The number of hydrogen-bond acceptors (Lipinski definition) is 2. The van der Waals surface area contributed by atoms with Gasteiger partial charge in [0.15, 0.2) is 0 Å². The lowest BCUT2D eigenvalue weighted by molar-refractivity contribution is -0.122. The first-order chi connectivity index (χ1) is 9.34. The summed E-state index contributed by atoms with van der Waals surface area (Å²) in [5, 5.41) is 8.68. The van der Waals surface area contributed by atoms with Crippen molar-refractivity contribution in [2.45, 2.75) is 25.4 Å². The van der Waals surface area contributed by atoms with Crippen molar-refractivity contribution < 1.29 is 4.79 Å². The van der Waals surface area contributed by atoms with Gasteiger partial charge in [0.2, 0.25) is 5.91 Å². The van der Waals surface area contributed by atoms with Crippen molar-refractivity contribution >= 4 is 16.7 Å². The van der Waals surface area contributed by atoms with E-state index in [0.29, 0.717) is 6.54 Å². The first-order valence-electron chi connectivity index (χ1n) is 6.82. The summed E-state index contributed by atoms with van der Waals surface area (Å²) in [7, 11) is 0. The Bertz CT molecular complexity index is 583. The second kappa shape index (κ2) is 5.41. The molecule has 1 amide bonds. The van der Waals surface area contributed by atoms with E-state index in [-0.39, 0.29) is 11.9 Å². The van der Waals surface area contributed by atoms with Crippen LogP contribution in [0.5, 0.6) is 0 Å². The molecule has 19 heavy (non-hydrogen) atoms. The SMILES string of the molecule is O=C(NCc1cccc2ccccc12)C1CCCN1. The predicted octanol–water partition coefficient (Wildman–Crippen LogP) is 2.21. The van der Waals surface area contributed by atoms with Gasteiger partial charge >= 0.3 is 0 Å². The first-order valence-corrected chi connectivity index (χ1v) is 6.82. The Balaban J connectivity index is 1.73. The molecule has 2 N–H and O–H groups in total. The van der Waals surface area contributed by atoms with Crippen LogP contribution in [0.1, 0.15) is 18.4 Å². The third-order valence-corrected chi connectivity index (χ3v) is 3.71. The summed E-state index contributed by atoms with van der Waals surface area (Å²) in [6.07, 6.45) is 2.04. The Morgan fingerprint density at radius 2 is 2.05 bits per heavy atom. The van der Waals surface area contributed by atoms with E-state index in [2.05, 4.69) is 34.9 Å². The van der Waals surface area contributed by atoms with Gasteiger partial charge in [-0.2, -0.15) is 0 Å². The predicted molar refractivity (Wildman–Crippen MR) is 76.8 cm³/mol. The van der Waals surface area contributed by atoms with Gasteiger partial charge in [0.1, 0.15) is 0 Å². The molecule has 1 aliphatic heterocycles. The van der Waals surface area contributed by atoms with Crippen LogP contribution in [0.3, 0.4) is 0 Å². The summed E-state index contributed by atoms with van der Waals surface area (Å²) in [6.45, 7) is 1.55. The summed E-state index contributed by atoms with van der Waals surface area (Å²) in [5.41, 5.74) is 1.17. The number of carbonyl (C=O) groups is 1. The zero-order valence-corrected chi connectivity index (χ0v) is 10.9. The normalized spacial score (nSPS) is 18.6. The molecule has 0 spiro atoms. The average molecular weight is 254 g/mol. The molecule has 1 heterocycles. The van der Waals surface area contributed by atoms with Gasteiger partial charge in [-0.3, -0.25) is 4.79 Å². The molecule has 0 radical (unpaired) electrons. The molecule has 2 aromatic rings. The molecule has 1 saturated heterocycles. The minimum absolute atomic E-state index is 0.00465. The number of benzene rings is 2. The molecule has 1 unspecified atom stereocenters.